The van der Waals surface area contributed by atoms with Crippen LogP contribution in [0.15, 0.2) is 192 Å². The van der Waals surface area contributed by atoms with E-state index in [0.29, 0.717) is 0 Å². The van der Waals surface area contributed by atoms with Gasteiger partial charge >= 0.3 is 0 Å². The fraction of sp³-hybridized carbons (Fsp3) is 0.239. The van der Waals surface area contributed by atoms with Gasteiger partial charge in [0.15, 0.2) is 0 Å². The SMILES string of the molecule is Cc1cc2c3c(c1)N(c1ccc(-c4cccc5c4oc4ccccc45)cc1)c1cc(N(c4ccc(C(C)(C)C)cc4)c4ccc(C(C)(C)C)cc4)ccc1B3c1cc(C(C)(C)C)ccc1N2c1ccc(C(C)(C)C)cc1. The molecule has 9 aromatic carbocycles. The monoisotopic (exact) mass is 992 g/mol. The van der Waals surface area contributed by atoms with E-state index in [2.05, 4.69) is 287 Å². The first-order chi connectivity index (χ1) is 36.1. The number of fused-ring (bicyclic) bond motifs is 7. The second-order valence-electron chi connectivity index (χ2n) is 25.6. The van der Waals surface area contributed by atoms with Gasteiger partial charge in [0.25, 0.3) is 6.71 Å². The molecule has 5 heteroatoms. The summed E-state index contributed by atoms with van der Waals surface area (Å²) < 4.78 is 6.60. The van der Waals surface area contributed by atoms with Crippen molar-refractivity contribution in [3.8, 4) is 11.1 Å². The third-order valence-electron chi connectivity index (χ3n) is 16.1. The first-order valence-electron chi connectivity index (χ1n) is 27.3. The summed E-state index contributed by atoms with van der Waals surface area (Å²) >= 11 is 0. The smallest absolute Gasteiger partial charge is 0.252 e. The Labute approximate surface area is 451 Å². The highest BCUT2D eigenvalue weighted by Crippen LogP contribution is 2.48. The summed E-state index contributed by atoms with van der Waals surface area (Å²) in [7, 11) is 0. The predicted molar refractivity (Wildman–Crippen MR) is 327 cm³/mol. The van der Waals surface area contributed by atoms with E-state index in [1.54, 1.807) is 0 Å². The van der Waals surface area contributed by atoms with Crippen LogP contribution in [0.1, 0.15) is 111 Å². The van der Waals surface area contributed by atoms with E-state index in [0.717, 1.165) is 67.2 Å². The number of nitrogens with zero attached hydrogens (tertiary/aromatic N) is 3. The van der Waals surface area contributed by atoms with E-state index in [1.807, 2.05) is 6.07 Å². The van der Waals surface area contributed by atoms with Gasteiger partial charge < -0.3 is 19.1 Å². The molecule has 378 valence electrons. The van der Waals surface area contributed by atoms with Crippen LogP contribution >= 0.6 is 0 Å². The fourth-order valence-corrected chi connectivity index (χ4v) is 11.8. The number of hydrogen-bond donors (Lipinski definition) is 0. The highest BCUT2D eigenvalue weighted by atomic mass is 16.3. The van der Waals surface area contributed by atoms with Crippen molar-refractivity contribution in [1.29, 1.82) is 0 Å². The Hall–Kier alpha value is -7.76. The molecular formula is C71H70BN3O. The van der Waals surface area contributed by atoms with Gasteiger partial charge in [-0.15, -0.1) is 0 Å². The molecule has 0 radical (unpaired) electrons. The molecule has 2 aliphatic rings. The van der Waals surface area contributed by atoms with Gasteiger partial charge in [0.1, 0.15) is 11.2 Å². The molecule has 0 atom stereocenters. The lowest BCUT2D eigenvalue weighted by atomic mass is 9.33. The summed E-state index contributed by atoms with van der Waals surface area (Å²) in [5.41, 5.74) is 24.8. The normalized spacial score (nSPS) is 13.5. The Kier molecular flexibility index (Phi) is 11.4. The zero-order valence-corrected chi connectivity index (χ0v) is 46.7. The van der Waals surface area contributed by atoms with Crippen LogP contribution < -0.4 is 31.1 Å². The van der Waals surface area contributed by atoms with Gasteiger partial charge in [-0.1, -0.05) is 186 Å². The van der Waals surface area contributed by atoms with Gasteiger partial charge in [0, 0.05) is 67.5 Å². The van der Waals surface area contributed by atoms with E-state index < -0.39 is 0 Å². The molecule has 1 aromatic heterocycles. The van der Waals surface area contributed by atoms with Crippen LogP contribution in [0.4, 0.5) is 51.2 Å². The minimum Gasteiger partial charge on any atom is -0.455 e. The Morgan fingerprint density at radius 1 is 0.395 bits per heavy atom. The topological polar surface area (TPSA) is 22.9 Å². The fourth-order valence-electron chi connectivity index (χ4n) is 11.8. The number of rotatable bonds is 6. The molecule has 0 saturated carbocycles. The lowest BCUT2D eigenvalue weighted by molar-refractivity contribution is 0.590. The van der Waals surface area contributed by atoms with Gasteiger partial charge in [-0.25, -0.2) is 0 Å². The van der Waals surface area contributed by atoms with Crippen LogP contribution in [-0.4, -0.2) is 6.71 Å². The number of para-hydroxylation sites is 2. The van der Waals surface area contributed by atoms with Crippen LogP contribution in [0.5, 0.6) is 0 Å². The molecule has 0 bridgehead atoms. The van der Waals surface area contributed by atoms with Gasteiger partial charge in [0.2, 0.25) is 0 Å². The average molecular weight is 992 g/mol. The molecular weight excluding hydrogens is 922 g/mol. The molecule has 3 heterocycles. The number of furan rings is 1. The maximum Gasteiger partial charge on any atom is 0.252 e. The number of aryl methyl sites for hydroxylation is 1. The second-order valence-corrected chi connectivity index (χ2v) is 25.6. The Morgan fingerprint density at radius 3 is 1.45 bits per heavy atom. The zero-order valence-electron chi connectivity index (χ0n) is 46.7. The highest BCUT2D eigenvalue weighted by molar-refractivity contribution is 7.00. The second kappa shape index (κ2) is 17.7. The standard InChI is InChI=1S/C71H70BN3O/c1-45-41-63-66-64(42-45)75(53-30-21-46(22-31-53)56-18-16-19-58-57-17-14-15-20-65(57)76-67(56)58)62-44-55(73(51-32-23-47(24-33-51)68(2,3)4)52-34-25-48(26-35-52)69(5,6)7)38-39-59(62)72(66)60-43-50(71(11,12)13)29-40-61(60)74(63)54-36-27-49(28-37-54)70(8,9)10/h14-44H,1-13H3. The molecule has 10 aromatic rings. The van der Waals surface area contributed by atoms with E-state index >= 15 is 0 Å². The van der Waals surface area contributed by atoms with Crippen molar-refractivity contribution in [3.05, 3.63) is 216 Å². The maximum atomic E-state index is 6.60. The van der Waals surface area contributed by atoms with Crippen LogP contribution in [0.3, 0.4) is 0 Å². The Morgan fingerprint density at radius 2 is 0.882 bits per heavy atom. The maximum absolute atomic E-state index is 6.60. The lowest BCUT2D eigenvalue weighted by Gasteiger charge is -2.45. The molecule has 0 unspecified atom stereocenters. The molecule has 2 aliphatic heterocycles. The molecule has 76 heavy (non-hydrogen) atoms. The molecule has 0 aliphatic carbocycles. The molecule has 0 amide bonds. The number of benzene rings is 9. The summed E-state index contributed by atoms with van der Waals surface area (Å²) in [6, 6.07) is 71.2. The summed E-state index contributed by atoms with van der Waals surface area (Å²) in [5, 5.41) is 2.26. The van der Waals surface area contributed by atoms with Crippen molar-refractivity contribution in [2.24, 2.45) is 0 Å². The van der Waals surface area contributed by atoms with Crippen LogP contribution in [0.25, 0.3) is 33.1 Å². The van der Waals surface area contributed by atoms with E-state index in [1.165, 1.54) is 61.3 Å². The van der Waals surface area contributed by atoms with Crippen molar-refractivity contribution >= 4 is 96.2 Å². The molecule has 0 fully saturated rings. The quantitative estimate of drug-likeness (QED) is 0.155. The van der Waals surface area contributed by atoms with Crippen molar-refractivity contribution < 1.29 is 4.42 Å². The van der Waals surface area contributed by atoms with Crippen molar-refractivity contribution in [2.75, 3.05) is 14.7 Å². The average Bonchev–Trinajstić information content (AvgIpc) is 3.90. The summed E-state index contributed by atoms with van der Waals surface area (Å²) in [6.45, 7) is 29.8. The van der Waals surface area contributed by atoms with Crippen molar-refractivity contribution in [3.63, 3.8) is 0 Å². The van der Waals surface area contributed by atoms with Gasteiger partial charge in [0.05, 0.1) is 0 Å². The zero-order chi connectivity index (χ0) is 53.2. The Balaban J connectivity index is 1.10. The van der Waals surface area contributed by atoms with E-state index in [4.69, 9.17) is 4.42 Å². The van der Waals surface area contributed by atoms with Gasteiger partial charge in [-0.2, -0.15) is 0 Å². The third-order valence-corrected chi connectivity index (χ3v) is 16.1. The third kappa shape index (κ3) is 8.40. The van der Waals surface area contributed by atoms with E-state index in [-0.39, 0.29) is 28.4 Å². The molecule has 0 spiro atoms. The number of anilines is 9. The molecule has 0 N–H and O–H groups in total. The summed E-state index contributed by atoms with van der Waals surface area (Å²) in [4.78, 5) is 7.53. The predicted octanol–water partition coefficient (Wildman–Crippen LogP) is 18.3. The lowest BCUT2D eigenvalue weighted by Crippen LogP contribution is -2.61. The van der Waals surface area contributed by atoms with Crippen molar-refractivity contribution in [1.82, 2.24) is 0 Å². The first kappa shape index (κ1) is 49.1. The Bertz CT molecular complexity index is 3800. The van der Waals surface area contributed by atoms with Gasteiger partial charge in [-0.05, 0) is 163 Å². The minimum absolute atomic E-state index is 0.0249. The van der Waals surface area contributed by atoms with Crippen LogP contribution in [0, 0.1) is 6.92 Å². The highest BCUT2D eigenvalue weighted by Gasteiger charge is 2.44. The summed E-state index contributed by atoms with van der Waals surface area (Å²) in [6.07, 6.45) is 0. The van der Waals surface area contributed by atoms with E-state index in [9.17, 15) is 0 Å². The van der Waals surface area contributed by atoms with Gasteiger partial charge in [-0.3, -0.25) is 0 Å². The summed E-state index contributed by atoms with van der Waals surface area (Å²) in [5.74, 6) is 0. The number of hydrogen-bond acceptors (Lipinski definition) is 4. The first-order valence-corrected chi connectivity index (χ1v) is 27.3. The molecule has 12 rings (SSSR count). The van der Waals surface area contributed by atoms with Crippen LogP contribution in [0.2, 0.25) is 0 Å². The molecule has 4 nitrogen and oxygen atoms in total. The van der Waals surface area contributed by atoms with Crippen molar-refractivity contribution in [2.45, 2.75) is 112 Å². The molecule has 0 saturated heterocycles. The largest absolute Gasteiger partial charge is 0.455 e. The minimum atomic E-state index is -0.0575. The van der Waals surface area contributed by atoms with Crippen LogP contribution in [-0.2, 0) is 21.7 Å².